The normalized spacial score (nSPS) is 13.0. The lowest BCUT2D eigenvalue weighted by molar-refractivity contribution is 0.661. The van der Waals surface area contributed by atoms with Crippen LogP contribution in [-0.2, 0) is 5.41 Å². The summed E-state index contributed by atoms with van der Waals surface area (Å²) < 4.78 is 0. The van der Waals surface area contributed by atoms with Crippen LogP contribution in [0.4, 0.5) is 17.1 Å². The molecule has 0 fully saturated rings. The van der Waals surface area contributed by atoms with Crippen molar-refractivity contribution in [2.45, 2.75) is 19.3 Å². The van der Waals surface area contributed by atoms with Crippen molar-refractivity contribution in [1.82, 2.24) is 0 Å². The fraction of sp³-hybridized carbons (Fsp3) is 0.0638. The second-order valence-corrected chi connectivity index (χ2v) is 13.5. The minimum absolute atomic E-state index is 0.0158. The van der Waals surface area contributed by atoms with Crippen LogP contribution in [0, 0.1) is 0 Å². The van der Waals surface area contributed by atoms with E-state index in [4.69, 9.17) is 0 Å². The zero-order valence-electron chi connectivity index (χ0n) is 27.2. The van der Waals surface area contributed by atoms with Crippen LogP contribution in [0.3, 0.4) is 0 Å². The average Bonchev–Trinajstić information content (AvgIpc) is 3.36. The van der Waals surface area contributed by atoms with Crippen molar-refractivity contribution >= 4 is 38.6 Å². The number of hydrogen-bond acceptors (Lipinski definition) is 1. The van der Waals surface area contributed by atoms with E-state index in [9.17, 15) is 0 Å². The van der Waals surface area contributed by atoms with E-state index in [0.717, 1.165) is 17.1 Å². The van der Waals surface area contributed by atoms with Gasteiger partial charge in [-0.05, 0) is 121 Å². The van der Waals surface area contributed by atoms with E-state index >= 15 is 0 Å². The van der Waals surface area contributed by atoms with Crippen LogP contribution in [0.1, 0.15) is 25.0 Å². The van der Waals surface area contributed by atoms with Crippen LogP contribution < -0.4 is 4.90 Å². The number of anilines is 3. The van der Waals surface area contributed by atoms with E-state index in [1.165, 1.54) is 66.1 Å². The van der Waals surface area contributed by atoms with Crippen LogP contribution in [-0.4, -0.2) is 0 Å². The van der Waals surface area contributed by atoms with Gasteiger partial charge in [-0.25, -0.2) is 0 Å². The molecule has 0 saturated carbocycles. The first-order valence-corrected chi connectivity index (χ1v) is 16.8. The maximum absolute atomic E-state index is 2.41. The highest BCUT2D eigenvalue weighted by Gasteiger charge is 2.35. The van der Waals surface area contributed by atoms with Crippen molar-refractivity contribution in [1.29, 1.82) is 0 Å². The third-order valence-corrected chi connectivity index (χ3v) is 10.2. The molecular weight excluding hydrogens is 579 g/mol. The largest absolute Gasteiger partial charge is 0.310 e. The number of nitrogens with zero attached hydrogens (tertiary/aromatic N) is 1. The molecular formula is C47H35N. The van der Waals surface area contributed by atoms with Crippen molar-refractivity contribution in [3.63, 3.8) is 0 Å². The van der Waals surface area contributed by atoms with Crippen molar-refractivity contribution in [2.24, 2.45) is 0 Å². The van der Waals surface area contributed by atoms with E-state index in [0.29, 0.717) is 0 Å². The highest BCUT2D eigenvalue weighted by molar-refractivity contribution is 5.96. The summed E-state index contributed by atoms with van der Waals surface area (Å²) in [5.74, 6) is 0. The van der Waals surface area contributed by atoms with Gasteiger partial charge in [0.1, 0.15) is 0 Å². The van der Waals surface area contributed by atoms with Crippen LogP contribution in [0.2, 0.25) is 0 Å². The molecule has 1 aliphatic carbocycles. The first-order chi connectivity index (χ1) is 23.5. The quantitative estimate of drug-likeness (QED) is 0.187. The van der Waals surface area contributed by atoms with Crippen molar-refractivity contribution in [3.05, 3.63) is 187 Å². The SMILES string of the molecule is CC1(C)c2ccccc2-c2cc3cc(N(c4ccc(-c5ccccc5)cc4)c4ccc(-c5ccc6ccccc6c5)cc4)ccc3cc21. The highest BCUT2D eigenvalue weighted by Crippen LogP contribution is 2.50. The first kappa shape index (κ1) is 28.3. The predicted molar refractivity (Wildman–Crippen MR) is 205 cm³/mol. The van der Waals surface area contributed by atoms with Crippen LogP contribution in [0.15, 0.2) is 176 Å². The van der Waals surface area contributed by atoms with Gasteiger partial charge in [0, 0.05) is 22.5 Å². The maximum Gasteiger partial charge on any atom is 0.0468 e. The molecule has 0 saturated heterocycles. The van der Waals surface area contributed by atoms with E-state index in [1.54, 1.807) is 0 Å². The second-order valence-electron chi connectivity index (χ2n) is 13.5. The van der Waals surface area contributed by atoms with Crippen LogP contribution >= 0.6 is 0 Å². The molecule has 0 aromatic heterocycles. The molecule has 1 nitrogen and oxygen atoms in total. The summed E-state index contributed by atoms with van der Waals surface area (Å²) in [4.78, 5) is 2.38. The Morgan fingerprint density at radius 3 is 1.62 bits per heavy atom. The molecule has 48 heavy (non-hydrogen) atoms. The molecule has 0 amide bonds. The third-order valence-electron chi connectivity index (χ3n) is 10.2. The van der Waals surface area contributed by atoms with Gasteiger partial charge in [-0.2, -0.15) is 0 Å². The second kappa shape index (κ2) is 11.1. The van der Waals surface area contributed by atoms with Gasteiger partial charge in [0.25, 0.3) is 0 Å². The predicted octanol–water partition coefficient (Wildman–Crippen LogP) is 13.1. The summed E-state index contributed by atoms with van der Waals surface area (Å²) in [7, 11) is 0. The number of benzene rings is 8. The number of hydrogen-bond donors (Lipinski definition) is 0. The molecule has 0 spiro atoms. The highest BCUT2D eigenvalue weighted by atomic mass is 15.1. The van der Waals surface area contributed by atoms with E-state index in [-0.39, 0.29) is 5.41 Å². The molecule has 0 aliphatic heterocycles. The van der Waals surface area contributed by atoms with E-state index in [2.05, 4.69) is 195 Å². The molecule has 0 radical (unpaired) electrons. The topological polar surface area (TPSA) is 3.24 Å². The summed E-state index contributed by atoms with van der Waals surface area (Å²) >= 11 is 0. The molecule has 1 aliphatic rings. The summed E-state index contributed by atoms with van der Waals surface area (Å²) in [5.41, 5.74) is 13.7. The molecule has 8 aromatic rings. The van der Waals surface area contributed by atoms with E-state index < -0.39 is 0 Å². The lowest BCUT2D eigenvalue weighted by Gasteiger charge is -2.27. The minimum atomic E-state index is -0.0158. The fourth-order valence-electron chi connectivity index (χ4n) is 7.62. The summed E-state index contributed by atoms with van der Waals surface area (Å²) in [5, 5.41) is 5.03. The maximum atomic E-state index is 2.41. The molecule has 0 unspecified atom stereocenters. The smallest absolute Gasteiger partial charge is 0.0468 e. The minimum Gasteiger partial charge on any atom is -0.310 e. The fourth-order valence-corrected chi connectivity index (χ4v) is 7.62. The van der Waals surface area contributed by atoms with Gasteiger partial charge in [0.15, 0.2) is 0 Å². The lowest BCUT2D eigenvalue weighted by Crippen LogP contribution is -2.14. The van der Waals surface area contributed by atoms with Crippen molar-refractivity contribution < 1.29 is 0 Å². The molecule has 228 valence electrons. The average molecular weight is 614 g/mol. The van der Waals surface area contributed by atoms with Gasteiger partial charge in [-0.1, -0.05) is 135 Å². The lowest BCUT2D eigenvalue weighted by atomic mass is 9.82. The Bertz CT molecular complexity index is 2450. The third kappa shape index (κ3) is 4.70. The van der Waals surface area contributed by atoms with Crippen molar-refractivity contribution in [3.8, 4) is 33.4 Å². The van der Waals surface area contributed by atoms with Crippen molar-refractivity contribution in [2.75, 3.05) is 4.90 Å². The molecule has 0 atom stereocenters. The zero-order valence-corrected chi connectivity index (χ0v) is 27.2. The zero-order chi connectivity index (χ0) is 32.2. The molecule has 9 rings (SSSR count). The Morgan fingerprint density at radius 2 is 0.875 bits per heavy atom. The van der Waals surface area contributed by atoms with Gasteiger partial charge >= 0.3 is 0 Å². The van der Waals surface area contributed by atoms with Crippen LogP contribution in [0.25, 0.3) is 54.9 Å². The Hall–Kier alpha value is -5.92. The van der Waals surface area contributed by atoms with Gasteiger partial charge in [-0.3, -0.25) is 0 Å². The summed E-state index contributed by atoms with van der Waals surface area (Å²) in [6.45, 7) is 4.70. The number of rotatable bonds is 5. The molecule has 0 heterocycles. The Labute approximate surface area is 282 Å². The van der Waals surface area contributed by atoms with Crippen LogP contribution in [0.5, 0.6) is 0 Å². The Morgan fingerprint density at radius 1 is 0.333 bits per heavy atom. The van der Waals surface area contributed by atoms with Gasteiger partial charge in [0.2, 0.25) is 0 Å². The molecule has 1 heteroatoms. The molecule has 0 N–H and O–H groups in total. The summed E-state index contributed by atoms with van der Waals surface area (Å²) in [6, 6.07) is 64.4. The monoisotopic (exact) mass is 613 g/mol. The molecule has 8 aromatic carbocycles. The van der Waals surface area contributed by atoms with Gasteiger partial charge < -0.3 is 4.90 Å². The number of fused-ring (bicyclic) bond motifs is 5. The van der Waals surface area contributed by atoms with Gasteiger partial charge in [-0.15, -0.1) is 0 Å². The summed E-state index contributed by atoms with van der Waals surface area (Å²) in [6.07, 6.45) is 0. The molecule has 0 bridgehead atoms. The first-order valence-electron chi connectivity index (χ1n) is 16.8. The standard InChI is InChI=1S/C47H35N/c1-47(2)45-15-9-8-14-43(45)44-30-39-29-42(27-22-38(39)31-46(44)47)48(40-23-18-34(19-24-40)32-10-4-3-5-11-32)41-25-20-35(21-26-41)37-17-16-33-12-6-7-13-36(33)28-37/h3-31H,1-2H3. The van der Waals surface area contributed by atoms with Gasteiger partial charge in [0.05, 0.1) is 0 Å². The van der Waals surface area contributed by atoms with E-state index in [1.807, 2.05) is 0 Å². The Kier molecular flexibility index (Phi) is 6.55. The Balaban J connectivity index is 1.16.